The molecule has 8 nitrogen and oxygen atoms in total. The van der Waals surface area contributed by atoms with Crippen LogP contribution in [0.25, 0.3) is 0 Å². The van der Waals surface area contributed by atoms with Gasteiger partial charge in [0.05, 0.1) is 37.9 Å². The second kappa shape index (κ2) is 7.40. The largest absolute Gasteiger partial charge is 0.508 e. The molecular formula is C19H22N4O4. The Balaban J connectivity index is 1.52. The maximum atomic E-state index is 12.9. The number of aromatic nitrogens is 2. The first-order chi connectivity index (χ1) is 13.1. The molecule has 0 bridgehead atoms. The molecule has 1 N–H and O–H groups in total. The smallest absolute Gasteiger partial charge is 0.254 e. The minimum Gasteiger partial charge on any atom is -0.508 e. The van der Waals surface area contributed by atoms with E-state index in [0.29, 0.717) is 51.4 Å². The summed E-state index contributed by atoms with van der Waals surface area (Å²) in [5, 5.41) is 14.0. The number of fused-ring (bicyclic) bond motifs is 1. The Bertz CT molecular complexity index is 844. The van der Waals surface area contributed by atoms with Gasteiger partial charge in [0.1, 0.15) is 5.75 Å². The van der Waals surface area contributed by atoms with Gasteiger partial charge in [-0.25, -0.2) is 0 Å². The Morgan fingerprint density at radius 2 is 2.00 bits per heavy atom. The van der Waals surface area contributed by atoms with Crippen molar-refractivity contribution in [3.63, 3.8) is 0 Å². The molecule has 2 aromatic rings. The molecular weight excluding hydrogens is 348 g/mol. The van der Waals surface area contributed by atoms with Gasteiger partial charge in [0.2, 0.25) is 5.91 Å². The number of ether oxygens (including phenoxy) is 1. The third kappa shape index (κ3) is 3.66. The number of carbonyl (C=O) groups excluding carboxylic acids is 2. The molecule has 1 atom stereocenters. The fraction of sp³-hybridized carbons (Fsp3) is 0.421. The number of nitrogens with zero attached hydrogens (tertiary/aromatic N) is 4. The van der Waals surface area contributed by atoms with Crippen LogP contribution in [0.15, 0.2) is 36.5 Å². The molecule has 4 rings (SSSR count). The maximum Gasteiger partial charge on any atom is 0.254 e. The van der Waals surface area contributed by atoms with Crippen LogP contribution >= 0.6 is 0 Å². The lowest BCUT2D eigenvalue weighted by Crippen LogP contribution is -2.45. The molecule has 142 valence electrons. The summed E-state index contributed by atoms with van der Waals surface area (Å²) in [6.45, 7) is 3.15. The molecule has 2 aliphatic heterocycles. The van der Waals surface area contributed by atoms with Gasteiger partial charge in [0.15, 0.2) is 0 Å². The van der Waals surface area contributed by atoms with Gasteiger partial charge in [-0.3, -0.25) is 14.3 Å². The number of benzene rings is 1. The van der Waals surface area contributed by atoms with Crippen molar-refractivity contribution in [3.8, 4) is 5.75 Å². The van der Waals surface area contributed by atoms with Gasteiger partial charge >= 0.3 is 0 Å². The number of phenolic OH excluding ortho intramolecular Hbond substituents is 1. The van der Waals surface area contributed by atoms with Crippen molar-refractivity contribution in [2.45, 2.75) is 19.0 Å². The number of morpholine rings is 1. The van der Waals surface area contributed by atoms with Gasteiger partial charge in [-0.2, -0.15) is 5.10 Å². The Hall–Kier alpha value is -2.87. The highest BCUT2D eigenvalue weighted by Gasteiger charge is 2.32. The van der Waals surface area contributed by atoms with Gasteiger partial charge < -0.3 is 19.6 Å². The topological polar surface area (TPSA) is 87.9 Å². The third-order valence-corrected chi connectivity index (χ3v) is 5.04. The first kappa shape index (κ1) is 17.5. The van der Waals surface area contributed by atoms with E-state index in [0.717, 1.165) is 5.69 Å². The lowest BCUT2D eigenvalue weighted by Gasteiger charge is -2.35. The second-order valence-electron chi connectivity index (χ2n) is 6.85. The average Bonchev–Trinajstić information content (AvgIpc) is 3.17. The molecule has 8 heteroatoms. The highest BCUT2D eigenvalue weighted by Crippen LogP contribution is 2.26. The van der Waals surface area contributed by atoms with E-state index < -0.39 is 0 Å². The number of rotatable bonds is 3. The van der Waals surface area contributed by atoms with E-state index in [1.54, 1.807) is 23.2 Å². The number of carbonyl (C=O) groups is 2. The highest BCUT2D eigenvalue weighted by atomic mass is 16.5. The summed E-state index contributed by atoms with van der Waals surface area (Å²) >= 11 is 0. The highest BCUT2D eigenvalue weighted by molar-refractivity contribution is 5.94. The molecule has 0 unspecified atom stereocenters. The van der Waals surface area contributed by atoms with Gasteiger partial charge in [-0.05, 0) is 24.3 Å². The van der Waals surface area contributed by atoms with E-state index in [9.17, 15) is 14.7 Å². The van der Waals surface area contributed by atoms with Crippen molar-refractivity contribution in [1.29, 1.82) is 0 Å². The molecule has 27 heavy (non-hydrogen) atoms. The Labute approximate surface area is 156 Å². The maximum absolute atomic E-state index is 12.9. The Morgan fingerprint density at radius 3 is 2.78 bits per heavy atom. The zero-order valence-electron chi connectivity index (χ0n) is 15.0. The molecule has 0 aliphatic carbocycles. The van der Waals surface area contributed by atoms with Crippen LogP contribution in [0.4, 0.5) is 0 Å². The van der Waals surface area contributed by atoms with Gasteiger partial charge in [0, 0.05) is 31.4 Å². The first-order valence-corrected chi connectivity index (χ1v) is 9.08. The van der Waals surface area contributed by atoms with Crippen molar-refractivity contribution < 1.29 is 19.4 Å². The minimum absolute atomic E-state index is 0.0522. The summed E-state index contributed by atoms with van der Waals surface area (Å²) < 4.78 is 7.16. The summed E-state index contributed by atoms with van der Waals surface area (Å²) in [5.41, 5.74) is 1.33. The van der Waals surface area contributed by atoms with Crippen molar-refractivity contribution in [2.24, 2.45) is 0 Å². The lowest BCUT2D eigenvalue weighted by atomic mass is 10.1. The molecule has 2 amide bonds. The molecule has 1 aromatic heterocycles. The number of phenols is 1. The zero-order chi connectivity index (χ0) is 18.8. The van der Waals surface area contributed by atoms with Crippen molar-refractivity contribution in [1.82, 2.24) is 19.6 Å². The fourth-order valence-electron chi connectivity index (χ4n) is 3.66. The minimum atomic E-state index is -0.208. The van der Waals surface area contributed by atoms with Crippen LogP contribution in [0.2, 0.25) is 0 Å². The van der Waals surface area contributed by atoms with Crippen LogP contribution in [-0.2, 0) is 16.1 Å². The summed E-state index contributed by atoms with van der Waals surface area (Å²) in [7, 11) is 0. The standard InChI is InChI=1S/C19H22N4O4/c24-17-3-1-2-14(10-17)19(26)22-12-15-4-5-20-23(15)16(13-22)11-18(25)21-6-8-27-9-7-21/h1-5,10,16,24H,6-9,11-13H2/t16-/m0/s1. The predicted octanol–water partition coefficient (Wildman–Crippen LogP) is 1.03. The normalized spacial score (nSPS) is 19.6. The van der Waals surface area contributed by atoms with Crippen LogP contribution in [-0.4, -0.2) is 69.3 Å². The van der Waals surface area contributed by atoms with Crippen molar-refractivity contribution in [2.75, 3.05) is 32.8 Å². The van der Waals surface area contributed by atoms with Crippen molar-refractivity contribution >= 4 is 11.8 Å². The van der Waals surface area contributed by atoms with Gasteiger partial charge in [-0.1, -0.05) is 6.07 Å². The van der Waals surface area contributed by atoms with Crippen LogP contribution in [0, 0.1) is 0 Å². The SMILES string of the molecule is O=C(C[C@H]1CN(C(=O)c2cccc(O)c2)Cc2ccnn21)N1CCOCC1. The monoisotopic (exact) mass is 370 g/mol. The quantitative estimate of drug-likeness (QED) is 0.872. The third-order valence-electron chi connectivity index (χ3n) is 5.04. The van der Waals surface area contributed by atoms with E-state index >= 15 is 0 Å². The predicted molar refractivity (Wildman–Crippen MR) is 96.1 cm³/mol. The zero-order valence-corrected chi connectivity index (χ0v) is 15.0. The molecule has 0 spiro atoms. The molecule has 0 saturated carbocycles. The Morgan fingerprint density at radius 1 is 1.19 bits per heavy atom. The molecule has 1 fully saturated rings. The van der Waals surface area contributed by atoms with Gasteiger partial charge in [-0.15, -0.1) is 0 Å². The average molecular weight is 370 g/mol. The van der Waals surface area contributed by atoms with E-state index in [1.807, 2.05) is 15.6 Å². The summed E-state index contributed by atoms with van der Waals surface area (Å²) in [4.78, 5) is 29.1. The molecule has 2 aliphatic rings. The number of amides is 2. The summed E-state index contributed by atoms with van der Waals surface area (Å²) in [6, 6.07) is 7.99. The Kier molecular flexibility index (Phi) is 4.81. The van der Waals surface area contributed by atoms with Crippen LogP contribution in [0.1, 0.15) is 28.5 Å². The second-order valence-corrected chi connectivity index (χ2v) is 6.85. The van der Waals surface area contributed by atoms with Crippen LogP contribution < -0.4 is 0 Å². The van der Waals surface area contributed by atoms with E-state index in [1.165, 1.54) is 12.1 Å². The van der Waals surface area contributed by atoms with Crippen molar-refractivity contribution in [3.05, 3.63) is 47.8 Å². The molecule has 3 heterocycles. The number of hydrogen-bond donors (Lipinski definition) is 1. The number of hydrogen-bond acceptors (Lipinski definition) is 5. The van der Waals surface area contributed by atoms with Crippen LogP contribution in [0.3, 0.4) is 0 Å². The fourth-order valence-corrected chi connectivity index (χ4v) is 3.66. The van der Waals surface area contributed by atoms with E-state index in [-0.39, 0.29) is 23.6 Å². The first-order valence-electron chi connectivity index (χ1n) is 9.08. The number of aromatic hydroxyl groups is 1. The van der Waals surface area contributed by atoms with E-state index in [2.05, 4.69) is 5.10 Å². The molecule has 1 saturated heterocycles. The van der Waals surface area contributed by atoms with Crippen LogP contribution in [0.5, 0.6) is 5.75 Å². The summed E-state index contributed by atoms with van der Waals surface area (Å²) in [5.74, 6) is -0.0551. The van der Waals surface area contributed by atoms with E-state index in [4.69, 9.17) is 4.74 Å². The molecule has 0 radical (unpaired) electrons. The molecule has 1 aromatic carbocycles. The lowest BCUT2D eigenvalue weighted by molar-refractivity contribution is -0.136. The van der Waals surface area contributed by atoms with Gasteiger partial charge in [0.25, 0.3) is 5.91 Å². The summed E-state index contributed by atoms with van der Waals surface area (Å²) in [6.07, 6.45) is 1.99.